The molecule has 3 aromatic rings. The smallest absolute Gasteiger partial charge is 0.319 e. The van der Waals surface area contributed by atoms with Gasteiger partial charge in [-0.1, -0.05) is 99.2 Å². The van der Waals surface area contributed by atoms with Crippen LogP contribution in [-0.2, 0) is 6.42 Å². The third-order valence-corrected chi connectivity index (χ3v) is 10.4. The molecule has 0 atom stereocenters. The zero-order valence-corrected chi connectivity index (χ0v) is 19.6. The molecule has 0 amide bonds. The van der Waals surface area contributed by atoms with Gasteiger partial charge in [0.25, 0.3) is 0 Å². The molecule has 0 aliphatic carbocycles. The van der Waals surface area contributed by atoms with Crippen molar-refractivity contribution < 1.29 is 9.53 Å². The summed E-state index contributed by atoms with van der Waals surface area (Å²) in [5, 5.41) is 12.6. The van der Waals surface area contributed by atoms with Crippen LogP contribution >= 0.6 is 0 Å². The molecule has 0 unspecified atom stereocenters. The Labute approximate surface area is 182 Å². The fourth-order valence-corrected chi connectivity index (χ4v) is 8.39. The molecule has 3 aromatic carbocycles. The Balaban J connectivity index is 2.25. The van der Waals surface area contributed by atoms with Crippen LogP contribution in [0, 0.1) is 0 Å². The van der Waals surface area contributed by atoms with Crippen LogP contribution in [0.3, 0.4) is 0 Å². The maximum Gasteiger partial charge on any atom is 0.319 e. The summed E-state index contributed by atoms with van der Waals surface area (Å²) in [6.45, 7) is 11.0. The molecule has 156 valence electrons. The highest BCUT2D eigenvalue weighted by atomic mass is 28.4. The van der Waals surface area contributed by atoms with Crippen LogP contribution in [-0.4, -0.2) is 13.4 Å². The van der Waals surface area contributed by atoms with Gasteiger partial charge in [0, 0.05) is 6.07 Å². The quantitative estimate of drug-likeness (QED) is 0.404. The molecule has 2 nitrogen and oxygen atoms in total. The first-order valence-corrected chi connectivity index (χ1v) is 12.4. The third kappa shape index (κ3) is 4.52. The van der Waals surface area contributed by atoms with E-state index in [1.54, 1.807) is 12.1 Å². The molecule has 0 bridgehead atoms. The second-order valence-electron chi connectivity index (χ2n) is 9.04. The van der Waals surface area contributed by atoms with E-state index in [9.17, 15) is 5.11 Å². The van der Waals surface area contributed by atoms with Crippen LogP contribution < -0.4 is 14.8 Å². The molecule has 0 aliphatic heterocycles. The molecular formula is C27H32O2Si. The number of aromatic hydroxyl groups is 1. The zero-order chi connectivity index (χ0) is 21.8. The maximum absolute atomic E-state index is 10.3. The minimum Gasteiger partial charge on any atom is -0.534 e. The Morgan fingerprint density at radius 1 is 0.867 bits per heavy atom. The van der Waals surface area contributed by atoms with Gasteiger partial charge in [0.2, 0.25) is 0 Å². The molecule has 0 radical (unpaired) electrons. The van der Waals surface area contributed by atoms with Gasteiger partial charge >= 0.3 is 8.32 Å². The lowest BCUT2D eigenvalue weighted by Crippen LogP contribution is -2.68. The van der Waals surface area contributed by atoms with Crippen LogP contribution in [0.15, 0.2) is 90.5 Å². The van der Waals surface area contributed by atoms with Gasteiger partial charge in [-0.15, -0.1) is 0 Å². The van der Waals surface area contributed by atoms with Crippen molar-refractivity contribution in [3.63, 3.8) is 0 Å². The topological polar surface area (TPSA) is 29.5 Å². The number of benzene rings is 3. The molecule has 0 fully saturated rings. The number of phenolic OH excluding ortho intramolecular Hbond substituents is 1. The summed E-state index contributed by atoms with van der Waals surface area (Å²) in [6.07, 6.45) is 2.97. The number of hydrogen-bond acceptors (Lipinski definition) is 2. The fourth-order valence-electron chi connectivity index (χ4n) is 3.94. The highest BCUT2D eigenvalue weighted by Gasteiger charge is 2.52. The summed E-state index contributed by atoms with van der Waals surface area (Å²) in [5.41, 5.74) is 2.35. The first-order chi connectivity index (χ1) is 14.2. The van der Waals surface area contributed by atoms with E-state index in [2.05, 4.69) is 89.2 Å². The second-order valence-corrected chi connectivity index (χ2v) is 13.3. The Morgan fingerprint density at radius 3 is 1.87 bits per heavy atom. The first kappa shape index (κ1) is 21.9. The fraction of sp³-hybridized carbons (Fsp3) is 0.259. The third-order valence-electron chi connectivity index (χ3n) is 5.46. The molecule has 1 N–H and O–H groups in total. The van der Waals surface area contributed by atoms with Crippen molar-refractivity contribution in [1.29, 1.82) is 0 Å². The summed E-state index contributed by atoms with van der Waals surface area (Å²) in [5.74, 6) is 0.991. The predicted molar refractivity (Wildman–Crippen MR) is 129 cm³/mol. The van der Waals surface area contributed by atoms with Gasteiger partial charge in [0.1, 0.15) is 11.5 Å². The van der Waals surface area contributed by atoms with Crippen molar-refractivity contribution >= 4 is 18.7 Å². The SMILES string of the molecule is CC(C)=CCc1ccc(O)cc1O[Si](c1ccccc1)(c1ccccc1)C(C)(C)C. The van der Waals surface area contributed by atoms with Crippen LogP contribution in [0.4, 0.5) is 0 Å². The summed E-state index contributed by atoms with van der Waals surface area (Å²) in [7, 11) is -2.73. The van der Waals surface area contributed by atoms with E-state index in [1.807, 2.05) is 18.2 Å². The number of phenols is 1. The van der Waals surface area contributed by atoms with E-state index >= 15 is 0 Å². The average Bonchev–Trinajstić information content (AvgIpc) is 2.71. The number of allylic oxidation sites excluding steroid dienone is 2. The van der Waals surface area contributed by atoms with Gasteiger partial charge in [0.15, 0.2) is 0 Å². The standard InChI is InChI=1S/C27H32O2Si/c1-21(2)16-17-22-18-19-23(28)20-26(22)29-30(27(3,4)5,24-12-8-6-9-13-24)25-14-10-7-11-15-25/h6-16,18-20,28H,17H2,1-5H3. The highest BCUT2D eigenvalue weighted by molar-refractivity contribution is 7.00. The van der Waals surface area contributed by atoms with Gasteiger partial charge in [0.05, 0.1) is 0 Å². The van der Waals surface area contributed by atoms with E-state index in [1.165, 1.54) is 15.9 Å². The lowest BCUT2D eigenvalue weighted by molar-refractivity contribution is 0.463. The summed E-state index contributed by atoms with van der Waals surface area (Å²) in [6, 6.07) is 26.7. The molecule has 0 saturated heterocycles. The summed E-state index contributed by atoms with van der Waals surface area (Å²) >= 11 is 0. The van der Waals surface area contributed by atoms with Crippen LogP contribution in [0.25, 0.3) is 0 Å². The first-order valence-electron chi connectivity index (χ1n) is 10.5. The second kappa shape index (κ2) is 8.93. The van der Waals surface area contributed by atoms with Crippen molar-refractivity contribution in [3.8, 4) is 11.5 Å². The van der Waals surface area contributed by atoms with Crippen LogP contribution in [0.5, 0.6) is 11.5 Å². The van der Waals surface area contributed by atoms with E-state index in [0.717, 1.165) is 17.7 Å². The van der Waals surface area contributed by atoms with E-state index in [0.29, 0.717) is 0 Å². The Bertz CT molecular complexity index is 959. The molecule has 0 aliphatic rings. The molecule has 0 spiro atoms. The molecule has 0 saturated carbocycles. The molecule has 3 rings (SSSR count). The lowest BCUT2D eigenvalue weighted by atomic mass is 10.1. The molecule has 3 heteroatoms. The minimum absolute atomic E-state index is 0.130. The normalized spacial score (nSPS) is 11.8. The van der Waals surface area contributed by atoms with Crippen molar-refractivity contribution in [1.82, 2.24) is 0 Å². The summed E-state index contributed by atoms with van der Waals surface area (Å²) < 4.78 is 7.13. The Hall–Kier alpha value is -2.78. The minimum atomic E-state index is -2.73. The molecule has 0 aromatic heterocycles. The molecule has 0 heterocycles. The van der Waals surface area contributed by atoms with E-state index in [4.69, 9.17) is 4.43 Å². The van der Waals surface area contributed by atoms with Crippen molar-refractivity contribution in [2.24, 2.45) is 0 Å². The summed E-state index contributed by atoms with van der Waals surface area (Å²) in [4.78, 5) is 0. The van der Waals surface area contributed by atoms with Crippen molar-refractivity contribution in [2.45, 2.75) is 46.1 Å². The molecular weight excluding hydrogens is 384 g/mol. The predicted octanol–water partition coefficient (Wildman–Crippen LogP) is 5.84. The zero-order valence-electron chi connectivity index (χ0n) is 18.6. The Morgan fingerprint density at radius 2 is 1.40 bits per heavy atom. The number of rotatable bonds is 6. The lowest BCUT2D eigenvalue weighted by Gasteiger charge is -2.43. The van der Waals surface area contributed by atoms with Crippen molar-refractivity contribution in [3.05, 3.63) is 96.1 Å². The van der Waals surface area contributed by atoms with E-state index < -0.39 is 8.32 Å². The maximum atomic E-state index is 10.3. The van der Waals surface area contributed by atoms with Gasteiger partial charge in [-0.25, -0.2) is 0 Å². The van der Waals surface area contributed by atoms with E-state index in [-0.39, 0.29) is 10.8 Å². The average molecular weight is 417 g/mol. The van der Waals surface area contributed by atoms with Gasteiger partial charge in [-0.2, -0.15) is 0 Å². The van der Waals surface area contributed by atoms with Crippen LogP contribution in [0.2, 0.25) is 5.04 Å². The monoisotopic (exact) mass is 416 g/mol. The van der Waals surface area contributed by atoms with Gasteiger partial charge in [-0.3, -0.25) is 0 Å². The van der Waals surface area contributed by atoms with Gasteiger partial charge < -0.3 is 9.53 Å². The highest BCUT2D eigenvalue weighted by Crippen LogP contribution is 2.39. The number of hydrogen-bond donors (Lipinski definition) is 1. The largest absolute Gasteiger partial charge is 0.534 e. The van der Waals surface area contributed by atoms with Crippen LogP contribution in [0.1, 0.15) is 40.2 Å². The Kier molecular flexibility index (Phi) is 6.52. The molecule has 30 heavy (non-hydrogen) atoms. The van der Waals surface area contributed by atoms with Crippen molar-refractivity contribution in [2.75, 3.05) is 0 Å². The van der Waals surface area contributed by atoms with Gasteiger partial charge in [-0.05, 0) is 47.3 Å².